The zero-order valence-electron chi connectivity index (χ0n) is 14.8. The number of hydrogen-bond donors (Lipinski definition) is 2. The smallest absolute Gasteiger partial charge is 0.248 e. The molecule has 1 aromatic rings. The predicted molar refractivity (Wildman–Crippen MR) is 98.6 cm³/mol. The second kappa shape index (κ2) is 7.22. The molecule has 26 heavy (non-hydrogen) atoms. The van der Waals surface area contributed by atoms with Gasteiger partial charge in [-0.1, -0.05) is 0 Å². The number of carbonyl (C=O) groups is 2. The molecule has 2 amide bonds. The fourth-order valence-corrected chi connectivity index (χ4v) is 6.44. The summed E-state index contributed by atoms with van der Waals surface area (Å²) in [4.78, 5) is 25.1. The Morgan fingerprint density at radius 2 is 1.50 bits per heavy atom. The highest BCUT2D eigenvalue weighted by molar-refractivity contribution is 8.00. The van der Waals surface area contributed by atoms with Crippen molar-refractivity contribution in [3.63, 3.8) is 0 Å². The van der Waals surface area contributed by atoms with Gasteiger partial charge in [-0.05, 0) is 86.0 Å². The number of benzene rings is 1. The van der Waals surface area contributed by atoms with Crippen molar-refractivity contribution >= 4 is 23.6 Å². The standard InChI is InChI=1S/C20H25FN2O2S/c21-16-1-3-17(4-2-16)26-12-19(25)23-22-18(24)11-20-8-13-5-14(9-20)7-15(6-13)10-20/h1-4,13-15H,5-12H2,(H,22,24)(H,23,25). The number of hydrazine groups is 1. The van der Waals surface area contributed by atoms with Gasteiger partial charge in [0.05, 0.1) is 5.75 Å². The molecule has 4 bridgehead atoms. The molecule has 140 valence electrons. The van der Waals surface area contributed by atoms with Crippen LogP contribution < -0.4 is 10.9 Å². The molecule has 4 fully saturated rings. The quantitative estimate of drug-likeness (QED) is 0.609. The number of amides is 2. The summed E-state index contributed by atoms with van der Waals surface area (Å²) >= 11 is 1.31. The monoisotopic (exact) mass is 376 g/mol. The van der Waals surface area contributed by atoms with E-state index in [1.807, 2.05) is 0 Å². The van der Waals surface area contributed by atoms with E-state index in [1.165, 1.54) is 62.4 Å². The molecule has 0 heterocycles. The lowest BCUT2D eigenvalue weighted by Crippen LogP contribution is -2.50. The van der Waals surface area contributed by atoms with Crippen LogP contribution in [-0.2, 0) is 9.59 Å². The molecule has 6 heteroatoms. The second-order valence-corrected chi connectivity index (χ2v) is 9.48. The lowest BCUT2D eigenvalue weighted by molar-refractivity contribution is -0.133. The van der Waals surface area contributed by atoms with Gasteiger partial charge in [-0.15, -0.1) is 11.8 Å². The zero-order valence-corrected chi connectivity index (χ0v) is 15.6. The Labute approximate surface area is 157 Å². The van der Waals surface area contributed by atoms with E-state index in [-0.39, 0.29) is 28.8 Å². The highest BCUT2D eigenvalue weighted by Gasteiger charge is 2.51. The number of thioether (sulfide) groups is 1. The van der Waals surface area contributed by atoms with E-state index in [0.717, 1.165) is 22.6 Å². The lowest BCUT2D eigenvalue weighted by Gasteiger charge is -2.56. The summed E-state index contributed by atoms with van der Waals surface area (Å²) < 4.78 is 12.9. The maximum Gasteiger partial charge on any atom is 0.248 e. The van der Waals surface area contributed by atoms with Gasteiger partial charge in [0.2, 0.25) is 11.8 Å². The number of rotatable bonds is 5. The van der Waals surface area contributed by atoms with Crippen LogP contribution in [-0.4, -0.2) is 17.6 Å². The second-order valence-electron chi connectivity index (χ2n) is 8.43. The fourth-order valence-electron chi connectivity index (χ4n) is 5.75. The SMILES string of the molecule is O=C(CSc1ccc(F)cc1)NNC(=O)CC12CC3CC(CC(C3)C1)C2. The molecule has 4 aliphatic rings. The van der Waals surface area contributed by atoms with Crippen LogP contribution in [0.4, 0.5) is 4.39 Å². The van der Waals surface area contributed by atoms with Gasteiger partial charge in [-0.2, -0.15) is 0 Å². The van der Waals surface area contributed by atoms with E-state index < -0.39 is 0 Å². The highest BCUT2D eigenvalue weighted by atomic mass is 32.2. The maximum atomic E-state index is 12.9. The summed E-state index contributed by atoms with van der Waals surface area (Å²) in [6.45, 7) is 0. The number of carbonyl (C=O) groups excluding carboxylic acids is 2. The molecule has 4 nitrogen and oxygen atoms in total. The van der Waals surface area contributed by atoms with Gasteiger partial charge in [0.25, 0.3) is 0 Å². The van der Waals surface area contributed by atoms with Gasteiger partial charge in [-0.3, -0.25) is 20.4 Å². The first-order valence-corrected chi connectivity index (χ1v) is 10.4. The van der Waals surface area contributed by atoms with Crippen molar-refractivity contribution in [3.8, 4) is 0 Å². The van der Waals surface area contributed by atoms with E-state index in [0.29, 0.717) is 6.42 Å². The largest absolute Gasteiger partial charge is 0.273 e. The molecular weight excluding hydrogens is 351 g/mol. The van der Waals surface area contributed by atoms with Crippen LogP contribution in [0.25, 0.3) is 0 Å². The Balaban J connectivity index is 1.21. The zero-order chi connectivity index (χ0) is 18.1. The van der Waals surface area contributed by atoms with Crippen LogP contribution in [0, 0.1) is 29.0 Å². The van der Waals surface area contributed by atoms with Gasteiger partial charge in [-0.25, -0.2) is 4.39 Å². The summed E-state index contributed by atoms with van der Waals surface area (Å²) in [6, 6.07) is 6.01. The molecule has 2 N–H and O–H groups in total. The summed E-state index contributed by atoms with van der Waals surface area (Å²) in [5.41, 5.74) is 5.28. The first kappa shape index (κ1) is 17.8. The van der Waals surface area contributed by atoms with E-state index in [2.05, 4.69) is 10.9 Å². The van der Waals surface area contributed by atoms with Crippen molar-refractivity contribution in [1.82, 2.24) is 10.9 Å². The minimum Gasteiger partial charge on any atom is -0.273 e. The number of halogens is 1. The third-order valence-corrected chi connectivity index (χ3v) is 7.24. The molecule has 0 spiro atoms. The van der Waals surface area contributed by atoms with Crippen molar-refractivity contribution in [2.45, 2.75) is 49.8 Å². The predicted octanol–water partition coefficient (Wildman–Crippen LogP) is 3.67. The van der Waals surface area contributed by atoms with Gasteiger partial charge >= 0.3 is 0 Å². The summed E-state index contributed by atoms with van der Waals surface area (Å²) in [5, 5.41) is 0. The summed E-state index contributed by atoms with van der Waals surface area (Å²) in [7, 11) is 0. The van der Waals surface area contributed by atoms with Crippen LogP contribution >= 0.6 is 11.8 Å². The molecule has 0 radical (unpaired) electrons. The molecule has 5 rings (SSSR count). The Hall–Kier alpha value is -1.56. The molecular formula is C20H25FN2O2S. The first-order valence-electron chi connectivity index (χ1n) is 9.46. The highest BCUT2D eigenvalue weighted by Crippen LogP contribution is 2.61. The van der Waals surface area contributed by atoms with E-state index >= 15 is 0 Å². The Kier molecular flexibility index (Phi) is 4.95. The molecule has 4 aliphatic carbocycles. The molecule has 0 aromatic heterocycles. The molecule has 0 unspecified atom stereocenters. The molecule has 0 saturated heterocycles. The van der Waals surface area contributed by atoms with Crippen molar-refractivity contribution in [3.05, 3.63) is 30.1 Å². The normalized spacial score (nSPS) is 31.7. The first-order chi connectivity index (χ1) is 12.5. The van der Waals surface area contributed by atoms with Crippen LogP contribution in [0.2, 0.25) is 0 Å². The van der Waals surface area contributed by atoms with Crippen molar-refractivity contribution in [2.75, 3.05) is 5.75 Å². The number of nitrogens with one attached hydrogen (secondary N) is 2. The lowest BCUT2D eigenvalue weighted by atomic mass is 9.49. The molecule has 0 atom stereocenters. The van der Waals surface area contributed by atoms with Gasteiger partial charge in [0.15, 0.2) is 0 Å². The van der Waals surface area contributed by atoms with Gasteiger partial charge < -0.3 is 0 Å². The van der Waals surface area contributed by atoms with Gasteiger partial charge in [0.1, 0.15) is 5.82 Å². The van der Waals surface area contributed by atoms with E-state index in [4.69, 9.17) is 0 Å². The van der Waals surface area contributed by atoms with Crippen LogP contribution in [0.3, 0.4) is 0 Å². The van der Waals surface area contributed by atoms with Crippen molar-refractivity contribution < 1.29 is 14.0 Å². The average Bonchev–Trinajstić information content (AvgIpc) is 2.58. The third-order valence-electron chi connectivity index (χ3n) is 6.23. The van der Waals surface area contributed by atoms with Crippen molar-refractivity contribution in [1.29, 1.82) is 0 Å². The van der Waals surface area contributed by atoms with Crippen LogP contribution in [0.15, 0.2) is 29.2 Å². The Bertz CT molecular complexity index is 656. The summed E-state index contributed by atoms with van der Waals surface area (Å²) in [5.74, 6) is 2.01. The fraction of sp³-hybridized carbons (Fsp3) is 0.600. The number of hydrogen-bond acceptors (Lipinski definition) is 3. The van der Waals surface area contributed by atoms with E-state index in [1.54, 1.807) is 12.1 Å². The Morgan fingerprint density at radius 1 is 0.962 bits per heavy atom. The minimum absolute atomic E-state index is 0.0768. The van der Waals surface area contributed by atoms with Gasteiger partial charge in [0, 0.05) is 11.3 Å². The minimum atomic E-state index is -0.296. The van der Waals surface area contributed by atoms with Crippen LogP contribution in [0.1, 0.15) is 44.9 Å². The molecule has 1 aromatic carbocycles. The Morgan fingerprint density at radius 3 is 2.08 bits per heavy atom. The van der Waals surface area contributed by atoms with Crippen LogP contribution in [0.5, 0.6) is 0 Å². The molecule has 0 aliphatic heterocycles. The maximum absolute atomic E-state index is 12.9. The summed E-state index contributed by atoms with van der Waals surface area (Å²) in [6.07, 6.45) is 8.15. The topological polar surface area (TPSA) is 58.2 Å². The third kappa shape index (κ3) is 4.05. The van der Waals surface area contributed by atoms with Crippen molar-refractivity contribution in [2.24, 2.45) is 23.2 Å². The van der Waals surface area contributed by atoms with E-state index in [9.17, 15) is 14.0 Å². The molecule has 4 saturated carbocycles. The average molecular weight is 376 g/mol.